The van der Waals surface area contributed by atoms with Crippen molar-refractivity contribution < 1.29 is 10.0 Å². The first-order chi connectivity index (χ1) is 10.5. The first kappa shape index (κ1) is 15.9. The molecule has 0 spiro atoms. The van der Waals surface area contributed by atoms with Gasteiger partial charge in [-0.3, -0.25) is 10.1 Å². The second-order valence-electron chi connectivity index (χ2n) is 5.05. The molecule has 0 amide bonds. The molecule has 1 aromatic carbocycles. The highest BCUT2D eigenvalue weighted by molar-refractivity contribution is 7.81. The molecule has 7 heteroatoms. The number of rotatable bonds is 5. The zero-order valence-corrected chi connectivity index (χ0v) is 12.8. The van der Waals surface area contributed by atoms with E-state index in [0.29, 0.717) is 17.7 Å². The van der Waals surface area contributed by atoms with Crippen molar-refractivity contribution in [1.82, 2.24) is 0 Å². The fourth-order valence-corrected chi connectivity index (χ4v) is 2.37. The van der Waals surface area contributed by atoms with Crippen molar-refractivity contribution in [3.63, 3.8) is 0 Å². The van der Waals surface area contributed by atoms with Gasteiger partial charge in [0.25, 0.3) is 5.69 Å². The normalized spacial score (nSPS) is 14.7. The Kier molecular flexibility index (Phi) is 4.73. The first-order valence-corrected chi connectivity index (χ1v) is 7.30. The smallest absolute Gasteiger partial charge is 0.272 e. The van der Waals surface area contributed by atoms with E-state index < -0.39 is 4.92 Å². The zero-order chi connectivity index (χ0) is 16.3. The van der Waals surface area contributed by atoms with E-state index in [4.69, 9.17) is 17.5 Å². The van der Waals surface area contributed by atoms with Gasteiger partial charge in [-0.1, -0.05) is 19.1 Å². The SMILES string of the molecule is CCc1cc(NC(=S)/C(C#N)=C(/O)C2CC2)ccc1[N+](=O)[O-]. The highest BCUT2D eigenvalue weighted by Crippen LogP contribution is 2.36. The van der Waals surface area contributed by atoms with E-state index >= 15 is 0 Å². The van der Waals surface area contributed by atoms with E-state index in [1.54, 1.807) is 6.07 Å². The van der Waals surface area contributed by atoms with E-state index in [2.05, 4.69) is 5.32 Å². The Hall–Kier alpha value is -2.46. The van der Waals surface area contributed by atoms with Gasteiger partial charge in [0.2, 0.25) is 0 Å². The summed E-state index contributed by atoms with van der Waals surface area (Å²) < 4.78 is 0. The third-order valence-electron chi connectivity index (χ3n) is 3.47. The van der Waals surface area contributed by atoms with Crippen LogP contribution in [0.3, 0.4) is 0 Å². The summed E-state index contributed by atoms with van der Waals surface area (Å²) in [5.41, 5.74) is 1.25. The van der Waals surface area contributed by atoms with E-state index in [0.717, 1.165) is 12.8 Å². The lowest BCUT2D eigenvalue weighted by Crippen LogP contribution is -2.14. The summed E-state index contributed by atoms with van der Waals surface area (Å²) in [7, 11) is 0. The van der Waals surface area contributed by atoms with Gasteiger partial charge in [-0.25, -0.2) is 0 Å². The number of nitro benzene ring substituents is 1. The minimum absolute atomic E-state index is 0.0254. The number of hydrogen-bond donors (Lipinski definition) is 2. The van der Waals surface area contributed by atoms with Gasteiger partial charge in [0.15, 0.2) is 0 Å². The molecular formula is C15H15N3O3S. The molecule has 1 aliphatic rings. The highest BCUT2D eigenvalue weighted by atomic mass is 32.1. The number of nitro groups is 1. The van der Waals surface area contributed by atoms with E-state index in [1.807, 2.05) is 13.0 Å². The molecule has 22 heavy (non-hydrogen) atoms. The lowest BCUT2D eigenvalue weighted by molar-refractivity contribution is -0.385. The average molecular weight is 317 g/mol. The summed E-state index contributed by atoms with van der Waals surface area (Å²) >= 11 is 5.16. The molecule has 0 aliphatic heterocycles. The molecule has 0 saturated heterocycles. The topological polar surface area (TPSA) is 99.2 Å². The third-order valence-corrected chi connectivity index (χ3v) is 3.78. The number of aryl methyl sites for hydroxylation is 1. The van der Waals surface area contributed by atoms with Gasteiger partial charge in [0.05, 0.1) is 4.92 Å². The molecule has 1 fully saturated rings. The van der Waals surface area contributed by atoms with Crippen molar-refractivity contribution in [2.75, 3.05) is 5.32 Å². The number of thiocarbonyl (C=S) groups is 1. The van der Waals surface area contributed by atoms with Gasteiger partial charge >= 0.3 is 0 Å². The molecule has 2 N–H and O–H groups in total. The molecule has 0 radical (unpaired) electrons. The minimum Gasteiger partial charge on any atom is -0.511 e. The van der Waals surface area contributed by atoms with Crippen LogP contribution in [0.25, 0.3) is 0 Å². The average Bonchev–Trinajstić information content (AvgIpc) is 3.32. The van der Waals surface area contributed by atoms with Crippen molar-refractivity contribution in [3.8, 4) is 6.07 Å². The Labute approximate surface area is 133 Å². The molecule has 0 heterocycles. The highest BCUT2D eigenvalue weighted by Gasteiger charge is 2.29. The first-order valence-electron chi connectivity index (χ1n) is 6.89. The Morgan fingerprint density at radius 2 is 2.27 bits per heavy atom. The maximum absolute atomic E-state index is 10.9. The molecular weight excluding hydrogens is 302 g/mol. The summed E-state index contributed by atoms with van der Waals surface area (Å²) in [5.74, 6) is 0.0510. The maximum atomic E-state index is 10.9. The van der Waals surface area contributed by atoms with E-state index in [1.165, 1.54) is 12.1 Å². The molecule has 0 bridgehead atoms. The summed E-state index contributed by atoms with van der Waals surface area (Å²) in [6, 6.07) is 6.49. The predicted octanol–water partition coefficient (Wildman–Crippen LogP) is 3.64. The monoisotopic (exact) mass is 317 g/mol. The fourth-order valence-electron chi connectivity index (χ4n) is 2.10. The van der Waals surface area contributed by atoms with Gasteiger partial charge in [-0.05, 0) is 31.4 Å². The van der Waals surface area contributed by atoms with Crippen molar-refractivity contribution in [2.45, 2.75) is 26.2 Å². The number of allylic oxidation sites excluding steroid dienone is 1. The van der Waals surface area contributed by atoms with Gasteiger partial charge in [-0.15, -0.1) is 0 Å². The molecule has 0 unspecified atom stereocenters. The molecule has 1 saturated carbocycles. The zero-order valence-electron chi connectivity index (χ0n) is 12.0. The lowest BCUT2D eigenvalue weighted by Gasteiger charge is -2.10. The van der Waals surface area contributed by atoms with Gasteiger partial charge in [0.1, 0.15) is 22.4 Å². The number of anilines is 1. The van der Waals surface area contributed by atoms with Gasteiger partial charge in [-0.2, -0.15) is 5.26 Å². The number of aliphatic hydroxyl groups excluding tert-OH is 1. The van der Waals surface area contributed by atoms with Crippen molar-refractivity contribution >= 4 is 28.6 Å². The fraction of sp³-hybridized carbons (Fsp3) is 0.333. The van der Waals surface area contributed by atoms with Crippen LogP contribution < -0.4 is 5.32 Å². The molecule has 0 atom stereocenters. The van der Waals surface area contributed by atoms with Crippen LogP contribution in [0.1, 0.15) is 25.3 Å². The number of nitriles is 1. The number of benzene rings is 1. The van der Waals surface area contributed by atoms with Crippen LogP contribution >= 0.6 is 12.2 Å². The number of nitrogens with zero attached hydrogens (tertiary/aromatic N) is 2. The molecule has 0 aromatic heterocycles. The molecule has 1 aromatic rings. The quantitative estimate of drug-likeness (QED) is 0.215. The third kappa shape index (κ3) is 3.40. The standard InChI is InChI=1S/C15H15N3O3S/c1-2-9-7-11(5-6-13(9)18(20)21)17-15(22)12(8-16)14(19)10-3-4-10/h5-7,10,19H,2-4H2,1H3,(H,17,22)/b14-12+. The van der Waals surface area contributed by atoms with Gasteiger partial charge in [0, 0.05) is 23.2 Å². The number of hydrogen-bond acceptors (Lipinski definition) is 5. The summed E-state index contributed by atoms with van der Waals surface area (Å²) in [6.45, 7) is 1.82. The van der Waals surface area contributed by atoms with Gasteiger partial charge < -0.3 is 10.4 Å². The Morgan fingerprint density at radius 1 is 1.59 bits per heavy atom. The largest absolute Gasteiger partial charge is 0.511 e. The van der Waals surface area contributed by atoms with Crippen molar-refractivity contribution in [3.05, 3.63) is 45.2 Å². The second kappa shape index (κ2) is 6.54. The Bertz CT molecular complexity index is 702. The predicted molar refractivity (Wildman–Crippen MR) is 86.7 cm³/mol. The summed E-state index contributed by atoms with van der Waals surface area (Å²) in [6.07, 6.45) is 2.22. The van der Waals surface area contributed by atoms with Crippen LogP contribution in [-0.2, 0) is 6.42 Å². The van der Waals surface area contributed by atoms with Crippen molar-refractivity contribution in [1.29, 1.82) is 5.26 Å². The van der Waals surface area contributed by atoms with Crippen LogP contribution in [-0.4, -0.2) is 15.0 Å². The van der Waals surface area contributed by atoms with E-state index in [9.17, 15) is 15.2 Å². The molecule has 1 aliphatic carbocycles. The lowest BCUT2D eigenvalue weighted by atomic mass is 10.1. The van der Waals surface area contributed by atoms with E-state index in [-0.39, 0.29) is 27.9 Å². The Balaban J connectivity index is 2.23. The maximum Gasteiger partial charge on any atom is 0.272 e. The van der Waals surface area contributed by atoms with Crippen LogP contribution in [0.15, 0.2) is 29.5 Å². The van der Waals surface area contributed by atoms with Crippen LogP contribution in [0.5, 0.6) is 0 Å². The molecule has 114 valence electrons. The van der Waals surface area contributed by atoms with Crippen LogP contribution in [0, 0.1) is 27.4 Å². The number of aliphatic hydroxyl groups is 1. The summed E-state index contributed by atoms with van der Waals surface area (Å²) in [4.78, 5) is 10.6. The Morgan fingerprint density at radius 3 is 2.77 bits per heavy atom. The van der Waals surface area contributed by atoms with Crippen LogP contribution in [0.2, 0.25) is 0 Å². The second-order valence-corrected chi connectivity index (χ2v) is 5.46. The molecule has 6 nitrogen and oxygen atoms in total. The van der Waals surface area contributed by atoms with Crippen molar-refractivity contribution in [2.24, 2.45) is 5.92 Å². The number of nitrogens with one attached hydrogen (secondary N) is 1. The molecule has 2 rings (SSSR count). The summed E-state index contributed by atoms with van der Waals surface area (Å²) in [5, 5.41) is 32.9. The minimum atomic E-state index is -0.430. The van der Waals surface area contributed by atoms with Crippen LogP contribution in [0.4, 0.5) is 11.4 Å².